The molecule has 0 aromatic heterocycles. The summed E-state index contributed by atoms with van der Waals surface area (Å²) in [5, 5.41) is 9.31. The molecule has 0 aliphatic rings. The molecule has 162 valence electrons. The second kappa shape index (κ2) is 9.41. The lowest BCUT2D eigenvalue weighted by molar-refractivity contribution is -0.152. The zero-order valence-corrected chi connectivity index (χ0v) is 18.6. The van der Waals surface area contributed by atoms with Crippen molar-refractivity contribution in [3.8, 4) is 5.75 Å². The molecule has 0 aliphatic carbocycles. The maximum absolute atomic E-state index is 13.1. The van der Waals surface area contributed by atoms with Gasteiger partial charge in [-0.1, -0.05) is 26.0 Å². The lowest BCUT2D eigenvalue weighted by atomic mass is 9.84. The molecule has 2 aromatic rings. The number of carbonyl (C=O) groups excluding carboxylic acids is 1. The third-order valence-corrected chi connectivity index (χ3v) is 5.68. The number of carboxylic acids is 1. The second-order valence-corrected chi connectivity index (χ2v) is 8.65. The Morgan fingerprint density at radius 1 is 1.07 bits per heavy atom. The number of ketones is 1. The molecule has 4 nitrogen and oxygen atoms in total. The molecule has 0 heterocycles. The molecule has 30 heavy (non-hydrogen) atoms. The molecule has 2 atom stereocenters. The number of rotatable bonds is 9. The van der Waals surface area contributed by atoms with Crippen LogP contribution in [0.4, 0.5) is 4.39 Å². The van der Waals surface area contributed by atoms with Crippen LogP contribution in [0.25, 0.3) is 0 Å². The summed E-state index contributed by atoms with van der Waals surface area (Å²) in [6.07, 6.45) is 1.63. The SMILES string of the molecule is Cc1cc(CC[C@@H](C)[C@H](C)C(=O)c2ccc(F)cc2)cc(C)c1OC(C)(C)C(=O)O. The molecule has 0 saturated heterocycles. The molecule has 0 saturated carbocycles. The predicted octanol–water partition coefficient (Wildman–Crippen LogP) is 5.77. The molecule has 0 spiro atoms. The fourth-order valence-electron chi connectivity index (χ4n) is 3.42. The Kier molecular flexibility index (Phi) is 7.40. The minimum Gasteiger partial charge on any atom is -0.478 e. The van der Waals surface area contributed by atoms with Crippen LogP contribution >= 0.6 is 0 Å². The van der Waals surface area contributed by atoms with Crippen molar-refractivity contribution in [1.29, 1.82) is 0 Å². The smallest absolute Gasteiger partial charge is 0.347 e. The van der Waals surface area contributed by atoms with Gasteiger partial charge in [-0.15, -0.1) is 0 Å². The van der Waals surface area contributed by atoms with E-state index in [1.165, 1.54) is 38.1 Å². The Morgan fingerprint density at radius 3 is 2.10 bits per heavy atom. The van der Waals surface area contributed by atoms with E-state index in [-0.39, 0.29) is 23.4 Å². The molecule has 5 heteroatoms. The summed E-state index contributed by atoms with van der Waals surface area (Å²) in [6, 6.07) is 9.71. The molecule has 0 radical (unpaired) electrons. The molecule has 1 N–H and O–H groups in total. The van der Waals surface area contributed by atoms with Crippen molar-refractivity contribution in [3.05, 3.63) is 64.5 Å². The van der Waals surface area contributed by atoms with Gasteiger partial charge in [-0.2, -0.15) is 0 Å². The van der Waals surface area contributed by atoms with Gasteiger partial charge in [-0.3, -0.25) is 4.79 Å². The summed E-state index contributed by atoms with van der Waals surface area (Å²) in [5.74, 6) is -0.758. The number of hydrogen-bond acceptors (Lipinski definition) is 3. The average Bonchev–Trinajstić information content (AvgIpc) is 2.68. The molecule has 0 bridgehead atoms. The number of Topliss-reactive ketones (excluding diaryl/α,β-unsaturated/α-hetero) is 1. The molecule has 0 fully saturated rings. The van der Waals surface area contributed by atoms with E-state index in [1.54, 1.807) is 0 Å². The summed E-state index contributed by atoms with van der Waals surface area (Å²) in [5.41, 5.74) is 2.13. The van der Waals surface area contributed by atoms with Crippen molar-refractivity contribution in [2.45, 2.75) is 60.0 Å². The highest BCUT2D eigenvalue weighted by Crippen LogP contribution is 2.30. The number of hydrogen-bond donors (Lipinski definition) is 1. The fourth-order valence-corrected chi connectivity index (χ4v) is 3.42. The van der Waals surface area contributed by atoms with Crippen LogP contribution < -0.4 is 4.74 Å². The zero-order valence-electron chi connectivity index (χ0n) is 18.6. The first kappa shape index (κ1) is 23.6. The van der Waals surface area contributed by atoms with Gasteiger partial charge in [0.2, 0.25) is 0 Å². The molecule has 0 unspecified atom stereocenters. The van der Waals surface area contributed by atoms with Gasteiger partial charge in [0.1, 0.15) is 11.6 Å². The maximum Gasteiger partial charge on any atom is 0.347 e. The maximum atomic E-state index is 13.1. The first-order valence-corrected chi connectivity index (χ1v) is 10.2. The van der Waals surface area contributed by atoms with E-state index in [4.69, 9.17) is 4.74 Å². The summed E-state index contributed by atoms with van der Waals surface area (Å²) in [4.78, 5) is 24.0. The minimum atomic E-state index is -1.30. The Bertz CT molecular complexity index is 892. The van der Waals surface area contributed by atoms with Gasteiger partial charge in [0, 0.05) is 11.5 Å². The van der Waals surface area contributed by atoms with Crippen molar-refractivity contribution in [3.63, 3.8) is 0 Å². The second-order valence-electron chi connectivity index (χ2n) is 8.65. The summed E-state index contributed by atoms with van der Waals surface area (Å²) in [6.45, 7) is 10.9. The van der Waals surface area contributed by atoms with Crippen LogP contribution in [0.1, 0.15) is 61.2 Å². The van der Waals surface area contributed by atoms with E-state index in [9.17, 15) is 19.1 Å². The summed E-state index contributed by atoms with van der Waals surface area (Å²) < 4.78 is 18.9. The van der Waals surface area contributed by atoms with Crippen molar-refractivity contribution >= 4 is 11.8 Å². The zero-order chi connectivity index (χ0) is 22.6. The van der Waals surface area contributed by atoms with Gasteiger partial charge in [0.25, 0.3) is 0 Å². The van der Waals surface area contributed by atoms with E-state index >= 15 is 0 Å². The van der Waals surface area contributed by atoms with Crippen LogP contribution in [0.3, 0.4) is 0 Å². The van der Waals surface area contributed by atoms with Crippen LogP contribution in [0, 0.1) is 31.5 Å². The highest BCUT2D eigenvalue weighted by Gasteiger charge is 2.30. The third kappa shape index (κ3) is 5.68. The first-order chi connectivity index (χ1) is 13.9. The number of aliphatic carboxylic acids is 1. The lowest BCUT2D eigenvalue weighted by Gasteiger charge is -2.25. The number of halogens is 1. The minimum absolute atomic E-state index is 0.0227. The predicted molar refractivity (Wildman–Crippen MR) is 116 cm³/mol. The van der Waals surface area contributed by atoms with Crippen LogP contribution in [-0.2, 0) is 11.2 Å². The Hall–Kier alpha value is -2.69. The van der Waals surface area contributed by atoms with E-state index < -0.39 is 11.6 Å². The van der Waals surface area contributed by atoms with Gasteiger partial charge in [0.15, 0.2) is 11.4 Å². The van der Waals surface area contributed by atoms with Gasteiger partial charge in [-0.25, -0.2) is 9.18 Å². The topological polar surface area (TPSA) is 63.6 Å². The summed E-state index contributed by atoms with van der Waals surface area (Å²) in [7, 11) is 0. The molecule has 2 rings (SSSR count). The average molecular weight is 415 g/mol. The van der Waals surface area contributed by atoms with Crippen molar-refractivity contribution in [1.82, 2.24) is 0 Å². The molecule has 0 aliphatic heterocycles. The van der Waals surface area contributed by atoms with Crippen LogP contribution in [0.2, 0.25) is 0 Å². The highest BCUT2D eigenvalue weighted by molar-refractivity contribution is 5.97. The molecular formula is C25H31FO4. The highest BCUT2D eigenvalue weighted by atomic mass is 19.1. The van der Waals surface area contributed by atoms with E-state index in [0.717, 1.165) is 29.5 Å². The molecular weight excluding hydrogens is 383 g/mol. The van der Waals surface area contributed by atoms with Gasteiger partial charge in [-0.05, 0) is 87.4 Å². The number of benzene rings is 2. The van der Waals surface area contributed by atoms with Crippen molar-refractivity contribution in [2.24, 2.45) is 11.8 Å². The number of carbonyl (C=O) groups is 2. The normalized spacial score (nSPS) is 13.6. The standard InChI is InChI=1S/C25H31FO4/c1-15(18(4)22(27)20-9-11-21(26)12-10-20)7-8-19-13-16(2)23(17(3)14-19)30-25(5,6)24(28)29/h9-15,18H,7-8H2,1-6H3,(H,28,29)/t15-,18+/m1/s1. The lowest BCUT2D eigenvalue weighted by Crippen LogP contribution is -2.38. The Morgan fingerprint density at radius 2 is 1.60 bits per heavy atom. The van der Waals surface area contributed by atoms with Crippen LogP contribution in [0.15, 0.2) is 36.4 Å². The van der Waals surface area contributed by atoms with Crippen molar-refractivity contribution in [2.75, 3.05) is 0 Å². The summed E-state index contributed by atoms with van der Waals surface area (Å²) >= 11 is 0. The monoisotopic (exact) mass is 414 g/mol. The van der Waals surface area contributed by atoms with Crippen LogP contribution in [-0.4, -0.2) is 22.5 Å². The van der Waals surface area contributed by atoms with E-state index in [2.05, 4.69) is 6.92 Å². The molecule has 2 aromatic carbocycles. The van der Waals surface area contributed by atoms with Gasteiger partial charge >= 0.3 is 5.97 Å². The molecule has 0 amide bonds. The Labute approximate surface area is 178 Å². The van der Waals surface area contributed by atoms with Crippen LogP contribution in [0.5, 0.6) is 5.75 Å². The number of carboxylic acid groups (broad SMARTS) is 1. The number of aryl methyl sites for hydroxylation is 3. The van der Waals surface area contributed by atoms with Gasteiger partial charge in [0.05, 0.1) is 0 Å². The quantitative estimate of drug-likeness (QED) is 0.529. The first-order valence-electron chi connectivity index (χ1n) is 10.2. The Balaban J connectivity index is 2.05. The largest absolute Gasteiger partial charge is 0.478 e. The fraction of sp³-hybridized carbons (Fsp3) is 0.440. The van der Waals surface area contributed by atoms with E-state index in [1.807, 2.05) is 32.9 Å². The van der Waals surface area contributed by atoms with Gasteiger partial charge < -0.3 is 9.84 Å². The van der Waals surface area contributed by atoms with E-state index in [0.29, 0.717) is 11.3 Å². The third-order valence-electron chi connectivity index (χ3n) is 5.68. The van der Waals surface area contributed by atoms with Crippen molar-refractivity contribution < 1.29 is 23.8 Å². The number of ether oxygens (including phenoxy) is 1.